The Bertz CT molecular complexity index is 644. The molecule has 8 heteroatoms. The van der Waals surface area contributed by atoms with Gasteiger partial charge in [-0.05, 0) is 31.4 Å². The first-order chi connectivity index (χ1) is 12.7. The van der Waals surface area contributed by atoms with Gasteiger partial charge in [0.2, 0.25) is 0 Å². The molecule has 0 radical (unpaired) electrons. The molecule has 0 amide bonds. The second-order valence-corrected chi connectivity index (χ2v) is 7.16. The summed E-state index contributed by atoms with van der Waals surface area (Å²) in [4.78, 5) is 9.32. The van der Waals surface area contributed by atoms with E-state index in [1.54, 1.807) is 17.6 Å². The molecule has 0 spiro atoms. The van der Waals surface area contributed by atoms with Gasteiger partial charge in [-0.25, -0.2) is 9.98 Å². The van der Waals surface area contributed by atoms with Gasteiger partial charge in [0.25, 0.3) is 0 Å². The molecule has 152 valence electrons. The SMILES string of the molecule is CCOCCCNC(=NCc1nc(C(C)C)cs1)NCCc1ccco1.I. The average Bonchev–Trinajstić information content (AvgIpc) is 3.30. The maximum atomic E-state index is 5.38. The number of nitrogens with zero attached hydrogens (tertiary/aromatic N) is 2. The molecule has 6 nitrogen and oxygen atoms in total. The minimum Gasteiger partial charge on any atom is -0.469 e. The van der Waals surface area contributed by atoms with Gasteiger partial charge in [0.15, 0.2) is 5.96 Å². The molecule has 2 aromatic heterocycles. The van der Waals surface area contributed by atoms with E-state index < -0.39 is 0 Å². The molecule has 27 heavy (non-hydrogen) atoms. The van der Waals surface area contributed by atoms with Crippen molar-refractivity contribution in [3.05, 3.63) is 40.2 Å². The van der Waals surface area contributed by atoms with E-state index in [1.807, 2.05) is 19.1 Å². The van der Waals surface area contributed by atoms with E-state index in [-0.39, 0.29) is 24.0 Å². The molecule has 2 N–H and O–H groups in total. The molecule has 0 fully saturated rings. The lowest BCUT2D eigenvalue weighted by molar-refractivity contribution is 0.145. The summed E-state index contributed by atoms with van der Waals surface area (Å²) < 4.78 is 10.7. The highest BCUT2D eigenvalue weighted by molar-refractivity contribution is 14.0. The van der Waals surface area contributed by atoms with Gasteiger partial charge in [-0.15, -0.1) is 35.3 Å². The van der Waals surface area contributed by atoms with Crippen LogP contribution in [0.5, 0.6) is 0 Å². The highest BCUT2D eigenvalue weighted by Crippen LogP contribution is 2.18. The lowest BCUT2D eigenvalue weighted by Crippen LogP contribution is -2.39. The van der Waals surface area contributed by atoms with Crippen LogP contribution in [0, 0.1) is 0 Å². The smallest absolute Gasteiger partial charge is 0.191 e. The van der Waals surface area contributed by atoms with Gasteiger partial charge in [-0.3, -0.25) is 0 Å². The Hall–Kier alpha value is -1.13. The van der Waals surface area contributed by atoms with Crippen LogP contribution in [-0.2, 0) is 17.7 Å². The Morgan fingerprint density at radius 1 is 1.33 bits per heavy atom. The predicted molar refractivity (Wildman–Crippen MR) is 122 cm³/mol. The van der Waals surface area contributed by atoms with Crippen LogP contribution in [0.4, 0.5) is 0 Å². The normalized spacial score (nSPS) is 11.5. The zero-order valence-corrected chi connectivity index (χ0v) is 19.5. The number of furan rings is 1. The number of aromatic nitrogens is 1. The third kappa shape index (κ3) is 9.57. The molecule has 0 aliphatic heterocycles. The Morgan fingerprint density at radius 2 is 2.15 bits per heavy atom. The number of guanidine groups is 1. The van der Waals surface area contributed by atoms with E-state index >= 15 is 0 Å². The number of aliphatic imine (C=N–C) groups is 1. The Labute approximate surface area is 183 Å². The maximum Gasteiger partial charge on any atom is 0.191 e. The van der Waals surface area contributed by atoms with Gasteiger partial charge in [-0.2, -0.15) is 0 Å². The second-order valence-electron chi connectivity index (χ2n) is 6.22. The molecule has 0 bridgehead atoms. The molecule has 0 saturated heterocycles. The fraction of sp³-hybridized carbons (Fsp3) is 0.579. The van der Waals surface area contributed by atoms with Crippen molar-refractivity contribution in [3.63, 3.8) is 0 Å². The lowest BCUT2D eigenvalue weighted by Gasteiger charge is -2.12. The van der Waals surface area contributed by atoms with E-state index in [0.29, 0.717) is 12.5 Å². The van der Waals surface area contributed by atoms with Crippen LogP contribution in [0.2, 0.25) is 0 Å². The van der Waals surface area contributed by atoms with Gasteiger partial charge in [0, 0.05) is 38.1 Å². The summed E-state index contributed by atoms with van der Waals surface area (Å²) in [5.74, 6) is 2.22. The summed E-state index contributed by atoms with van der Waals surface area (Å²) in [6.45, 7) is 10.0. The van der Waals surface area contributed by atoms with E-state index in [1.165, 1.54) is 0 Å². The molecule has 0 aliphatic rings. The summed E-state index contributed by atoms with van der Waals surface area (Å²) >= 11 is 1.67. The van der Waals surface area contributed by atoms with Crippen molar-refractivity contribution in [1.82, 2.24) is 15.6 Å². The van der Waals surface area contributed by atoms with Gasteiger partial charge in [-0.1, -0.05) is 13.8 Å². The molecule has 2 aromatic rings. The van der Waals surface area contributed by atoms with E-state index in [0.717, 1.165) is 61.6 Å². The molecular formula is C19H31IN4O2S. The third-order valence-electron chi connectivity index (χ3n) is 3.74. The first-order valence-corrected chi connectivity index (χ1v) is 10.1. The van der Waals surface area contributed by atoms with Gasteiger partial charge in [0.1, 0.15) is 10.8 Å². The number of rotatable bonds is 11. The molecule has 0 atom stereocenters. The average molecular weight is 506 g/mol. The second kappa shape index (κ2) is 14.0. The van der Waals surface area contributed by atoms with Crippen molar-refractivity contribution in [2.75, 3.05) is 26.3 Å². The number of halogens is 1. The topological polar surface area (TPSA) is 71.7 Å². The minimum atomic E-state index is 0. The van der Waals surface area contributed by atoms with E-state index in [2.05, 4.69) is 39.8 Å². The summed E-state index contributed by atoms with van der Waals surface area (Å²) in [6, 6.07) is 3.89. The van der Waals surface area contributed by atoms with Crippen molar-refractivity contribution >= 4 is 41.3 Å². The van der Waals surface area contributed by atoms with Crippen molar-refractivity contribution in [2.45, 2.75) is 46.1 Å². The quantitative estimate of drug-likeness (QED) is 0.207. The molecule has 2 rings (SSSR count). The number of nitrogens with one attached hydrogen (secondary N) is 2. The van der Waals surface area contributed by atoms with Crippen LogP contribution in [0.1, 0.15) is 49.6 Å². The highest BCUT2D eigenvalue weighted by atomic mass is 127. The molecule has 0 aromatic carbocycles. The van der Waals surface area contributed by atoms with Crippen LogP contribution in [0.15, 0.2) is 33.2 Å². The Balaban J connectivity index is 0.00000364. The summed E-state index contributed by atoms with van der Waals surface area (Å²) in [6.07, 6.45) is 3.47. The number of thiazole rings is 1. The van der Waals surface area contributed by atoms with Crippen molar-refractivity contribution in [2.24, 2.45) is 4.99 Å². The number of ether oxygens (including phenoxy) is 1. The number of hydrogen-bond acceptors (Lipinski definition) is 5. The first-order valence-electron chi connectivity index (χ1n) is 9.25. The van der Waals surface area contributed by atoms with Crippen LogP contribution >= 0.6 is 35.3 Å². The standard InChI is InChI=1S/C19H30N4O2S.HI/c1-4-24-11-6-9-20-19(21-10-8-16-7-5-12-25-16)22-13-18-23-17(14-26-18)15(2)3;/h5,7,12,14-15H,4,6,8-11,13H2,1-3H3,(H2,20,21,22);1H. The lowest BCUT2D eigenvalue weighted by atomic mass is 10.2. The zero-order valence-electron chi connectivity index (χ0n) is 16.4. The molecule has 0 saturated carbocycles. The summed E-state index contributed by atoms with van der Waals surface area (Å²) in [5.41, 5.74) is 1.14. The zero-order chi connectivity index (χ0) is 18.6. The molecule has 2 heterocycles. The predicted octanol–water partition coefficient (Wildman–Crippen LogP) is 4.18. The Kier molecular flexibility index (Phi) is 12.4. The van der Waals surface area contributed by atoms with Crippen LogP contribution in [0.25, 0.3) is 0 Å². The van der Waals surface area contributed by atoms with Gasteiger partial charge in [0.05, 0.1) is 18.5 Å². The van der Waals surface area contributed by atoms with E-state index in [9.17, 15) is 0 Å². The number of hydrogen-bond donors (Lipinski definition) is 2. The van der Waals surface area contributed by atoms with E-state index in [4.69, 9.17) is 9.15 Å². The molecular weight excluding hydrogens is 475 g/mol. The van der Waals surface area contributed by atoms with Crippen molar-refractivity contribution < 1.29 is 9.15 Å². The first kappa shape index (κ1) is 23.9. The van der Waals surface area contributed by atoms with Gasteiger partial charge >= 0.3 is 0 Å². The van der Waals surface area contributed by atoms with Crippen molar-refractivity contribution in [3.8, 4) is 0 Å². The maximum absolute atomic E-state index is 5.38. The Morgan fingerprint density at radius 3 is 2.81 bits per heavy atom. The van der Waals surface area contributed by atoms with Crippen molar-refractivity contribution in [1.29, 1.82) is 0 Å². The molecule has 0 aliphatic carbocycles. The summed E-state index contributed by atoms with van der Waals surface area (Å²) in [7, 11) is 0. The van der Waals surface area contributed by atoms with Gasteiger partial charge < -0.3 is 19.8 Å². The highest BCUT2D eigenvalue weighted by Gasteiger charge is 2.06. The fourth-order valence-electron chi connectivity index (χ4n) is 2.27. The minimum absolute atomic E-state index is 0. The van der Waals surface area contributed by atoms with Crippen LogP contribution in [0.3, 0.4) is 0 Å². The largest absolute Gasteiger partial charge is 0.469 e. The van der Waals surface area contributed by atoms with Crippen LogP contribution < -0.4 is 10.6 Å². The summed E-state index contributed by atoms with van der Waals surface area (Å²) in [5, 5.41) is 9.88. The fourth-order valence-corrected chi connectivity index (χ4v) is 3.15. The van der Waals surface area contributed by atoms with Crippen LogP contribution in [-0.4, -0.2) is 37.2 Å². The molecule has 0 unspecified atom stereocenters. The monoisotopic (exact) mass is 506 g/mol. The third-order valence-corrected chi connectivity index (χ3v) is 4.59.